The van der Waals surface area contributed by atoms with Crippen molar-refractivity contribution < 1.29 is 22.3 Å². The zero-order valence-corrected chi connectivity index (χ0v) is 15.8. The van der Waals surface area contributed by atoms with E-state index in [1.807, 2.05) is 22.6 Å². The summed E-state index contributed by atoms with van der Waals surface area (Å²) in [5, 5.41) is 3.09. The number of nitrogens with one attached hydrogen (secondary N) is 1. The lowest BCUT2D eigenvalue weighted by Crippen LogP contribution is -2.23. The third kappa shape index (κ3) is 4.61. The first-order valence-electron chi connectivity index (χ1n) is 8.06. The molecule has 0 atom stereocenters. The Morgan fingerprint density at radius 2 is 1.96 bits per heavy atom. The van der Waals surface area contributed by atoms with E-state index in [2.05, 4.69) is 15.3 Å². The molecule has 2 aromatic heterocycles. The zero-order chi connectivity index (χ0) is 18.7. The van der Waals surface area contributed by atoms with Crippen LogP contribution >= 0.6 is 22.6 Å². The van der Waals surface area contributed by atoms with Gasteiger partial charge in [-0.2, -0.15) is 17.6 Å². The van der Waals surface area contributed by atoms with Crippen LogP contribution in [-0.2, 0) is 10.9 Å². The lowest BCUT2D eigenvalue weighted by Gasteiger charge is -2.23. The Balaban J connectivity index is 1.93. The smallest absolute Gasteiger partial charge is 0.381 e. The minimum atomic E-state index is -4.59. The van der Waals surface area contributed by atoms with Crippen molar-refractivity contribution in [2.75, 3.05) is 25.1 Å². The van der Waals surface area contributed by atoms with Gasteiger partial charge in [0.2, 0.25) is 5.95 Å². The average molecular weight is 481 g/mol. The molecule has 0 aliphatic carbocycles. The maximum absolute atomic E-state index is 13.5. The number of rotatable bonds is 4. The summed E-state index contributed by atoms with van der Waals surface area (Å²) < 4.78 is 59.4. The van der Waals surface area contributed by atoms with Gasteiger partial charge < -0.3 is 10.1 Å². The number of ether oxygens (including phenoxy) is 1. The van der Waals surface area contributed by atoms with E-state index in [1.54, 1.807) is 0 Å². The van der Waals surface area contributed by atoms with Crippen molar-refractivity contribution in [3.8, 4) is 11.3 Å². The van der Waals surface area contributed by atoms with E-state index in [-0.39, 0.29) is 11.3 Å². The first-order valence-corrected chi connectivity index (χ1v) is 9.14. The van der Waals surface area contributed by atoms with E-state index in [9.17, 15) is 17.6 Å². The van der Waals surface area contributed by atoms with Gasteiger partial charge in [0.1, 0.15) is 5.82 Å². The first kappa shape index (κ1) is 19.3. The van der Waals surface area contributed by atoms with Gasteiger partial charge in [0.05, 0.1) is 11.3 Å². The Morgan fingerprint density at radius 3 is 2.65 bits per heavy atom. The molecule has 9 heteroatoms. The van der Waals surface area contributed by atoms with E-state index in [4.69, 9.17) is 4.74 Å². The third-order valence-corrected chi connectivity index (χ3v) is 5.05. The molecule has 0 radical (unpaired) electrons. The minimum absolute atomic E-state index is 0.0696. The Hall–Kier alpha value is -1.49. The molecule has 0 unspecified atom stereocenters. The molecule has 3 rings (SSSR count). The molecule has 26 heavy (non-hydrogen) atoms. The fourth-order valence-corrected chi connectivity index (χ4v) is 3.34. The van der Waals surface area contributed by atoms with Gasteiger partial charge in [-0.05, 0) is 53.5 Å². The quantitative estimate of drug-likeness (QED) is 0.390. The maximum atomic E-state index is 13.5. The van der Waals surface area contributed by atoms with Crippen molar-refractivity contribution in [1.82, 2.24) is 9.97 Å². The van der Waals surface area contributed by atoms with Crippen LogP contribution in [0.3, 0.4) is 0 Å². The fourth-order valence-electron chi connectivity index (χ4n) is 2.79. The van der Waals surface area contributed by atoms with Crippen LogP contribution in [0.2, 0.25) is 0 Å². The summed E-state index contributed by atoms with van der Waals surface area (Å²) in [6.07, 6.45) is -1.61. The number of anilines is 1. The largest absolute Gasteiger partial charge is 0.418 e. The molecule has 140 valence electrons. The van der Waals surface area contributed by atoms with Gasteiger partial charge in [-0.25, -0.2) is 9.97 Å². The highest BCUT2D eigenvalue weighted by Gasteiger charge is 2.35. The first-order chi connectivity index (χ1) is 12.3. The van der Waals surface area contributed by atoms with E-state index in [0.29, 0.717) is 35.1 Å². The van der Waals surface area contributed by atoms with Gasteiger partial charge in [0.25, 0.3) is 0 Å². The molecule has 1 aliphatic rings. The number of pyridine rings is 2. The third-order valence-electron chi connectivity index (χ3n) is 4.19. The highest BCUT2D eigenvalue weighted by Crippen LogP contribution is 2.38. The van der Waals surface area contributed by atoms with Crippen molar-refractivity contribution in [1.29, 1.82) is 0 Å². The lowest BCUT2D eigenvalue weighted by atomic mass is 10.0. The van der Waals surface area contributed by atoms with Crippen LogP contribution in [0.15, 0.2) is 24.4 Å². The van der Waals surface area contributed by atoms with E-state index in [0.717, 1.165) is 25.0 Å². The second-order valence-corrected chi connectivity index (χ2v) is 7.18. The fraction of sp³-hybridized carbons (Fsp3) is 0.412. The van der Waals surface area contributed by atoms with Crippen molar-refractivity contribution in [2.45, 2.75) is 19.0 Å². The highest BCUT2D eigenvalue weighted by molar-refractivity contribution is 14.1. The minimum Gasteiger partial charge on any atom is -0.381 e. The van der Waals surface area contributed by atoms with Crippen LogP contribution in [0, 0.1) is 15.4 Å². The molecule has 4 nitrogen and oxygen atoms in total. The lowest BCUT2D eigenvalue weighted by molar-refractivity contribution is -0.137. The van der Waals surface area contributed by atoms with E-state index < -0.39 is 17.7 Å². The molecule has 1 aliphatic heterocycles. The number of alkyl halides is 3. The number of hydrogen-bond acceptors (Lipinski definition) is 4. The number of nitrogens with zero attached hydrogens (tertiary/aromatic N) is 2. The molecule has 1 saturated heterocycles. The summed E-state index contributed by atoms with van der Waals surface area (Å²) >= 11 is 1.82. The molecule has 0 aromatic carbocycles. The van der Waals surface area contributed by atoms with Crippen LogP contribution in [0.25, 0.3) is 11.3 Å². The summed E-state index contributed by atoms with van der Waals surface area (Å²) in [5.41, 5.74) is -1.14. The van der Waals surface area contributed by atoms with Gasteiger partial charge in [-0.3, -0.25) is 0 Å². The number of halogens is 5. The molecule has 0 spiro atoms. The second-order valence-electron chi connectivity index (χ2n) is 6.01. The van der Waals surface area contributed by atoms with Crippen molar-refractivity contribution in [2.24, 2.45) is 5.92 Å². The van der Waals surface area contributed by atoms with Crippen molar-refractivity contribution in [3.05, 3.63) is 39.5 Å². The Bertz CT molecular complexity index is 779. The SMILES string of the molecule is Fc1cc(-c2nc(NCC3CCOCC3)ccc2C(F)(F)F)c(I)cn1. The summed E-state index contributed by atoms with van der Waals surface area (Å²) in [7, 11) is 0. The van der Waals surface area contributed by atoms with Crippen LogP contribution < -0.4 is 5.32 Å². The van der Waals surface area contributed by atoms with Gasteiger partial charge in [0, 0.05) is 41.2 Å². The van der Waals surface area contributed by atoms with Crippen molar-refractivity contribution in [3.63, 3.8) is 0 Å². The molecule has 1 fully saturated rings. The molecule has 2 aromatic rings. The van der Waals surface area contributed by atoms with E-state index in [1.165, 1.54) is 12.3 Å². The Kier molecular flexibility index (Phi) is 5.96. The molecule has 0 saturated carbocycles. The topological polar surface area (TPSA) is 47.0 Å². The second kappa shape index (κ2) is 8.03. The standard InChI is InChI=1S/C17H16F4IN3O/c18-14-7-11(13(22)9-23-14)16-12(17(19,20)21)1-2-15(25-16)24-8-10-3-5-26-6-4-10/h1-2,7,9-10H,3-6,8H2,(H,24,25). The average Bonchev–Trinajstić information content (AvgIpc) is 2.62. The molecule has 1 N–H and O–H groups in total. The van der Waals surface area contributed by atoms with Crippen molar-refractivity contribution >= 4 is 28.4 Å². The van der Waals surface area contributed by atoms with Gasteiger partial charge >= 0.3 is 6.18 Å². The molecule has 0 amide bonds. The summed E-state index contributed by atoms with van der Waals surface area (Å²) in [6.45, 7) is 1.97. The molecule has 0 bridgehead atoms. The zero-order valence-electron chi connectivity index (χ0n) is 13.6. The van der Waals surface area contributed by atoms with Crippen LogP contribution in [0.5, 0.6) is 0 Å². The summed E-state index contributed by atoms with van der Waals surface area (Å²) in [5.74, 6) is -0.141. The van der Waals surface area contributed by atoms with Crippen LogP contribution in [0.4, 0.5) is 23.4 Å². The monoisotopic (exact) mass is 481 g/mol. The van der Waals surface area contributed by atoms with Gasteiger partial charge in [0.15, 0.2) is 0 Å². The number of hydrogen-bond donors (Lipinski definition) is 1. The van der Waals surface area contributed by atoms with Gasteiger partial charge in [-0.1, -0.05) is 0 Å². The normalized spacial score (nSPS) is 15.9. The van der Waals surface area contributed by atoms with Gasteiger partial charge in [-0.15, -0.1) is 0 Å². The predicted octanol–water partition coefficient (Wildman–Crippen LogP) is 4.74. The van der Waals surface area contributed by atoms with Crippen LogP contribution in [0.1, 0.15) is 18.4 Å². The molecular weight excluding hydrogens is 465 g/mol. The highest BCUT2D eigenvalue weighted by atomic mass is 127. The summed E-state index contributed by atoms with van der Waals surface area (Å²) in [6, 6.07) is 3.25. The van der Waals surface area contributed by atoms with E-state index >= 15 is 0 Å². The summed E-state index contributed by atoms with van der Waals surface area (Å²) in [4.78, 5) is 7.60. The maximum Gasteiger partial charge on any atom is 0.418 e. The molecular formula is C17H16F4IN3O. The Morgan fingerprint density at radius 1 is 1.23 bits per heavy atom. The number of aromatic nitrogens is 2. The Labute approximate surface area is 161 Å². The molecule has 3 heterocycles. The van der Waals surface area contributed by atoms with Crippen LogP contribution in [-0.4, -0.2) is 29.7 Å². The predicted molar refractivity (Wildman–Crippen MR) is 97.2 cm³/mol.